The standard InChI is InChI=1S/4C31H31N2O/c1-17(2)24-16-33(7)25(15-19(24)4)26-18(3)10-11-21-22-13-12-20-23-9-8-14-32-30(23)31(5,6)27(20)29(22)34-28(21)26;1-17(2)22-16-33(7)25(15-19(22)4)26-18(3)10-11-20-21-12-13-23-27(30(21)34-29(20)26)28-24(31(23,5)6)9-8-14-32-28;2*1-17(2)23-16-33(7)25(14-19(23)4)26-18(3)12-13-20-22-15-32-30-27(29(22)34-28(20)26)21-10-8-9-11-24(21)31(30,5)6/h4*8-17H,1-7H3/q4*+1/i1D3,4D3,5D3,17D;2*1D3,4D3,5D3,6D3,17D;1D3,4D3,5D3,17D. The van der Waals surface area contributed by atoms with E-state index in [0.717, 1.165) is 27.8 Å². The van der Waals surface area contributed by atoms with Crippen LogP contribution in [0.3, 0.4) is 0 Å². The summed E-state index contributed by atoms with van der Waals surface area (Å²) in [5, 5.41) is 5.06. The average molecular weight is 1840 g/mol. The lowest BCUT2D eigenvalue weighted by molar-refractivity contribution is -0.661. The first-order valence-electron chi connectivity index (χ1n) is 67.3. The Bertz CT molecular complexity index is 10200. The molecule has 0 amide bonds. The number of benzene rings is 8. The van der Waals surface area contributed by atoms with Gasteiger partial charge in [-0.1, -0.05) is 224 Å². The van der Waals surface area contributed by atoms with Crippen molar-refractivity contribution in [1.82, 2.24) is 19.9 Å². The molecule has 20 aromatic rings. The van der Waals surface area contributed by atoms with Crippen LogP contribution in [0.25, 0.3) is 177 Å². The smallest absolute Gasteiger partial charge is 0.216 e. The number of fused-ring (bicyclic) bond motifs is 28. The van der Waals surface area contributed by atoms with Crippen molar-refractivity contribution in [2.75, 3.05) is 0 Å². The Hall–Kier alpha value is -13.8. The molecule has 6 atom stereocenters. The van der Waals surface area contributed by atoms with Crippen LogP contribution in [0.15, 0.2) is 237 Å². The lowest BCUT2D eigenvalue weighted by Crippen LogP contribution is -2.32. The number of hydrogen-bond acceptors (Lipinski definition) is 8. The van der Waals surface area contributed by atoms with Crippen LogP contribution < -0.4 is 18.3 Å². The minimum absolute atomic E-state index is 0.0509. The van der Waals surface area contributed by atoms with Gasteiger partial charge in [-0.05, 0) is 194 Å². The fraction of sp³-hybridized carbons (Fsp3) is 0.290. The number of rotatable bonds is 8. The Balaban J connectivity index is 0.000000136. The van der Waals surface area contributed by atoms with E-state index in [-0.39, 0.29) is 94.9 Å². The number of furan rings is 4. The minimum Gasteiger partial charge on any atom is -0.455 e. The second-order valence-electron chi connectivity index (χ2n) is 36.7. The number of pyridine rings is 8. The van der Waals surface area contributed by atoms with E-state index in [2.05, 4.69) is 15.0 Å². The number of hydrogen-bond donors (Lipinski definition) is 0. The summed E-state index contributed by atoms with van der Waals surface area (Å²) < 4.78 is 415. The highest BCUT2D eigenvalue weighted by Crippen LogP contribution is 2.58. The molecule has 4 aliphatic carbocycles. The van der Waals surface area contributed by atoms with Crippen LogP contribution in [0.4, 0.5) is 0 Å². The van der Waals surface area contributed by atoms with E-state index in [4.69, 9.17) is 85.7 Å². The Kier molecular flexibility index (Phi) is 11.9. The maximum Gasteiger partial charge on any atom is 0.216 e. The molecule has 8 aromatic carbocycles. The van der Waals surface area contributed by atoms with Crippen LogP contribution in [-0.4, -0.2) is 19.9 Å². The molecular weight excluding hydrogens is 1670 g/mol. The van der Waals surface area contributed by atoms with E-state index < -0.39 is 141 Å². The molecule has 4 aliphatic rings. The molecule has 0 saturated carbocycles. The quantitative estimate of drug-likeness (QED) is 0.138. The molecule has 0 bridgehead atoms. The Morgan fingerprint density at radius 1 is 0.294 bits per heavy atom. The zero-order chi connectivity index (χ0) is 134. The molecule has 0 N–H and O–H groups in total. The predicted molar refractivity (Wildman–Crippen MR) is 557 cm³/mol. The maximum atomic E-state index is 8.68. The fourth-order valence-corrected chi connectivity index (χ4v) is 20.9. The Labute approximate surface area is 863 Å². The molecule has 12 heteroatoms. The SMILES string of the molecule is [2H]C([2H])([2H])c1cc(-c2c(C)ccc3c2oc2c4c(ccc23)-c2cccnc2C4(C)C([2H])([2H])[2H])[n+](C)cc1C([2H])(C)C([2H])([2H])[2H].[2H]C([2H])([2H])c1cc(-c2c(C)ccc3c2oc2c4c(ccc23)C(C([2H])([2H])[2H])(C([2H])([2H])[2H])c2cccnc2-4)[n+](C)cc1C([2H])(C)C([2H])([2H])[2H].[2H]C([2H])([2H])c1cc(-c2c(C)ccc3c2oc2c4c(ncc23)C(C([2H])([2H])[2H])(C([2H])([2H])[2H])c2ccccc2-4)[n+](C)cc1C([2H])(C)C([2H])([2H])[2H].[2H]C([2H])([2H])c1cc(-c2c(C)ccc3c2oc2c4c(ncc23)C(C)(C([2H])([2H])[2H])c2ccccc2-4)[n+](C)cc1C([2H])(C)C([2H])([2H])[2H]. The Morgan fingerprint density at radius 3 is 1.05 bits per heavy atom. The van der Waals surface area contributed by atoms with Crippen molar-refractivity contribution >= 4 is 87.8 Å². The lowest BCUT2D eigenvalue weighted by Gasteiger charge is -2.20. The van der Waals surface area contributed by atoms with E-state index in [0.29, 0.717) is 166 Å². The summed E-state index contributed by atoms with van der Waals surface area (Å²) in [7, 11) is 6.59. The normalized spacial score (nSPS) is 23.7. The number of aryl methyl sites for hydroxylation is 12. The first kappa shape index (κ1) is 50.7. The summed E-state index contributed by atoms with van der Waals surface area (Å²) in [6.45, 7) is -23.5. The molecule has 12 aromatic heterocycles. The second kappa shape index (κ2) is 31.9. The fourth-order valence-electron chi connectivity index (χ4n) is 20.9. The second-order valence-corrected chi connectivity index (χ2v) is 36.7. The van der Waals surface area contributed by atoms with Crippen LogP contribution in [-0.2, 0) is 49.9 Å². The first-order chi connectivity index (χ1) is 83.3. The van der Waals surface area contributed by atoms with Gasteiger partial charge in [-0.2, -0.15) is 0 Å². The number of nitrogens with zero attached hydrogens (tertiary/aromatic N) is 8. The van der Waals surface area contributed by atoms with Gasteiger partial charge in [-0.15, -0.1) is 0 Å². The molecule has 0 spiro atoms. The molecule has 0 fully saturated rings. The monoisotopic (exact) mass is 1840 g/mol. The van der Waals surface area contributed by atoms with Gasteiger partial charge in [-0.25, -0.2) is 18.3 Å². The molecule has 136 heavy (non-hydrogen) atoms. The van der Waals surface area contributed by atoms with Gasteiger partial charge in [0.1, 0.15) is 72.9 Å². The highest BCUT2D eigenvalue weighted by atomic mass is 16.3. The van der Waals surface area contributed by atoms with Gasteiger partial charge in [0, 0.05) is 227 Å². The van der Waals surface area contributed by atoms with Gasteiger partial charge in [0.2, 0.25) is 22.8 Å². The van der Waals surface area contributed by atoms with Gasteiger partial charge >= 0.3 is 0 Å². The molecule has 12 nitrogen and oxygen atoms in total. The summed E-state index contributed by atoms with van der Waals surface area (Å²) in [6.07, 6.45) is 11.6. The predicted octanol–water partition coefficient (Wildman–Crippen LogP) is 30.1. The lowest BCUT2D eigenvalue weighted by atomic mass is 9.82. The van der Waals surface area contributed by atoms with Gasteiger partial charge in [0.05, 0.1) is 45.0 Å². The Morgan fingerprint density at radius 2 is 0.632 bits per heavy atom. The van der Waals surface area contributed by atoms with Crippen LogP contribution in [0.5, 0.6) is 0 Å². The topological polar surface area (TPSA) is 120 Å². The summed E-state index contributed by atoms with van der Waals surface area (Å²) >= 11 is 0. The molecular formula is C124H124N8O4+4. The van der Waals surface area contributed by atoms with E-state index in [1.54, 1.807) is 123 Å². The van der Waals surface area contributed by atoms with E-state index in [1.165, 1.54) is 113 Å². The summed E-state index contributed by atoms with van der Waals surface area (Å²) in [5.41, 5.74) is 6.44. The third-order valence-electron chi connectivity index (χ3n) is 27.6. The van der Waals surface area contributed by atoms with Crippen molar-refractivity contribution in [1.29, 1.82) is 0 Å². The van der Waals surface area contributed by atoms with Gasteiger partial charge in [0.15, 0.2) is 24.8 Å². The van der Waals surface area contributed by atoms with Gasteiger partial charge in [-0.3, -0.25) is 19.9 Å². The molecule has 680 valence electrons. The van der Waals surface area contributed by atoms with Gasteiger partial charge < -0.3 is 17.7 Å². The zero-order valence-electron chi connectivity index (χ0n) is 123. The third kappa shape index (κ3) is 13.3. The van der Waals surface area contributed by atoms with Crippen LogP contribution in [0, 0.1) is 55.1 Å². The average Bonchev–Trinajstić information content (AvgIpc) is 1.50. The molecule has 0 aliphatic heterocycles. The van der Waals surface area contributed by atoms with Crippen molar-refractivity contribution in [2.24, 2.45) is 28.2 Å². The molecule has 0 saturated heterocycles. The molecule has 0 radical (unpaired) electrons. The zero-order valence-corrected chi connectivity index (χ0v) is 77.0. The maximum absolute atomic E-state index is 8.68. The number of aromatic nitrogens is 8. The van der Waals surface area contributed by atoms with Crippen molar-refractivity contribution in [2.45, 2.75) is 210 Å². The van der Waals surface area contributed by atoms with Crippen molar-refractivity contribution in [3.05, 3.63) is 331 Å². The summed E-state index contributed by atoms with van der Waals surface area (Å²) in [5.74, 6) is -8.82. The van der Waals surface area contributed by atoms with Crippen LogP contribution >= 0.6 is 0 Å². The van der Waals surface area contributed by atoms with Crippen molar-refractivity contribution in [3.63, 3.8) is 0 Å². The highest BCUT2D eigenvalue weighted by Gasteiger charge is 2.45. The molecule has 6 unspecified atom stereocenters. The first-order valence-corrected chi connectivity index (χ1v) is 44.3. The minimum atomic E-state index is -3.00. The molecule has 24 rings (SSSR count). The summed E-state index contributed by atoms with van der Waals surface area (Å²) in [6, 6.07) is 47.7. The van der Waals surface area contributed by atoms with Crippen molar-refractivity contribution in [3.8, 4) is 89.7 Å². The van der Waals surface area contributed by atoms with Crippen LogP contribution in [0.2, 0.25) is 0 Å². The van der Waals surface area contributed by atoms with Gasteiger partial charge in [0.25, 0.3) is 0 Å². The summed E-state index contributed by atoms with van der Waals surface area (Å²) in [4.78, 5) is 18.2. The highest BCUT2D eigenvalue weighted by molar-refractivity contribution is 6.18. The van der Waals surface area contributed by atoms with Crippen molar-refractivity contribution < 1.29 is 99.0 Å². The van der Waals surface area contributed by atoms with E-state index >= 15 is 0 Å². The van der Waals surface area contributed by atoms with E-state index in [9.17, 15) is 0 Å². The molecule has 12 heterocycles. The van der Waals surface area contributed by atoms with Crippen LogP contribution in [0.1, 0.15) is 308 Å². The third-order valence-corrected chi connectivity index (χ3v) is 27.6. The largest absolute Gasteiger partial charge is 0.455 e. The van der Waals surface area contributed by atoms with E-state index in [1.807, 2.05) is 98.8 Å².